The van der Waals surface area contributed by atoms with Gasteiger partial charge < -0.3 is 24.5 Å². The minimum Gasteiger partial charge on any atom is -0.460 e. The van der Waals surface area contributed by atoms with E-state index in [-0.39, 0.29) is 57.2 Å². The van der Waals surface area contributed by atoms with Crippen molar-refractivity contribution in [1.29, 1.82) is 0 Å². The van der Waals surface area contributed by atoms with Gasteiger partial charge in [0.15, 0.2) is 5.82 Å². The summed E-state index contributed by atoms with van der Waals surface area (Å²) in [5.74, 6) is -1.08. The van der Waals surface area contributed by atoms with E-state index in [2.05, 4.69) is 10.3 Å². The van der Waals surface area contributed by atoms with Crippen LogP contribution in [0, 0.1) is 0 Å². The highest BCUT2D eigenvalue weighted by atomic mass is 16.8. The third-order valence-corrected chi connectivity index (χ3v) is 6.74. The van der Waals surface area contributed by atoms with Crippen molar-refractivity contribution in [2.45, 2.75) is 52.2 Å². The summed E-state index contributed by atoms with van der Waals surface area (Å²) in [7, 11) is 0. The first-order chi connectivity index (χ1) is 21.5. The Bertz CT molecular complexity index is 1410. The van der Waals surface area contributed by atoms with Gasteiger partial charge in [-0.15, -0.1) is 5.06 Å². The number of carbonyl (C=O) groups is 4. The molecule has 12 nitrogen and oxygen atoms in total. The Labute approximate surface area is 262 Å². The molecule has 1 aromatic heterocycles. The lowest BCUT2D eigenvalue weighted by Gasteiger charge is -2.35. The van der Waals surface area contributed by atoms with Gasteiger partial charge in [0.05, 0.1) is 25.4 Å². The van der Waals surface area contributed by atoms with Gasteiger partial charge in [-0.05, 0) is 40.2 Å². The second-order valence-corrected chi connectivity index (χ2v) is 11.4. The van der Waals surface area contributed by atoms with E-state index in [1.54, 1.807) is 38.7 Å². The van der Waals surface area contributed by atoms with E-state index in [1.165, 1.54) is 5.06 Å². The Morgan fingerprint density at radius 3 is 2.11 bits per heavy atom. The fourth-order valence-electron chi connectivity index (χ4n) is 4.65. The molecule has 45 heavy (non-hydrogen) atoms. The maximum Gasteiger partial charge on any atom is 0.527 e. The number of carbonyl (C=O) groups excluding carboxylic acids is 4. The van der Waals surface area contributed by atoms with Crippen molar-refractivity contribution in [2.24, 2.45) is 0 Å². The summed E-state index contributed by atoms with van der Waals surface area (Å²) in [5, 5.41) is 4.24. The molecule has 238 valence electrons. The number of hydrogen-bond donors (Lipinski definition) is 1. The molecule has 0 radical (unpaired) electrons. The fourth-order valence-corrected chi connectivity index (χ4v) is 4.65. The molecule has 0 saturated carbocycles. The normalized spacial score (nSPS) is 14.3. The van der Waals surface area contributed by atoms with Crippen LogP contribution in [0.2, 0.25) is 0 Å². The second kappa shape index (κ2) is 15.2. The van der Waals surface area contributed by atoms with Gasteiger partial charge >= 0.3 is 12.1 Å². The standard InChI is InChI=1S/C33H39N5O7/c1-5-43-32(42)45-38-20-18-37(19-21-38)31(41)25(16-17-28(39)44-33(2,3)4)36-30(40)27-22-26(23-12-8-6-9-13-23)34-29(35-27)24-14-10-7-11-15-24/h6-15,22,25H,5,16-21H2,1-4H3,(H,36,40)/t25-/m0/s1. The van der Waals surface area contributed by atoms with Crippen LogP contribution in [-0.4, -0.2) is 88.3 Å². The maximum absolute atomic E-state index is 13.7. The summed E-state index contributed by atoms with van der Waals surface area (Å²) in [6.07, 6.45) is -0.885. The summed E-state index contributed by atoms with van der Waals surface area (Å²) in [6.45, 7) is 8.12. The third kappa shape index (κ3) is 9.83. The molecule has 2 amide bonds. The summed E-state index contributed by atoms with van der Waals surface area (Å²) in [6, 6.07) is 19.2. The number of esters is 1. The number of nitrogens with one attached hydrogen (secondary N) is 1. The quantitative estimate of drug-likeness (QED) is 0.328. The zero-order valence-electron chi connectivity index (χ0n) is 26.0. The molecule has 1 saturated heterocycles. The molecule has 0 spiro atoms. The topological polar surface area (TPSA) is 140 Å². The number of rotatable bonds is 10. The van der Waals surface area contributed by atoms with E-state index in [0.29, 0.717) is 11.5 Å². The number of ether oxygens (including phenoxy) is 2. The van der Waals surface area contributed by atoms with E-state index in [9.17, 15) is 19.2 Å². The second-order valence-electron chi connectivity index (χ2n) is 11.4. The zero-order chi connectivity index (χ0) is 32.4. The molecular weight excluding hydrogens is 578 g/mol. The van der Waals surface area contributed by atoms with E-state index in [4.69, 9.17) is 19.3 Å². The molecule has 3 aromatic rings. The van der Waals surface area contributed by atoms with E-state index < -0.39 is 29.7 Å². The summed E-state index contributed by atoms with van der Waals surface area (Å²) >= 11 is 0. The highest BCUT2D eigenvalue weighted by Crippen LogP contribution is 2.23. The van der Waals surface area contributed by atoms with Gasteiger partial charge in [-0.1, -0.05) is 60.7 Å². The number of benzene rings is 2. The molecular formula is C33H39N5O7. The minimum atomic E-state index is -1.04. The van der Waals surface area contributed by atoms with Crippen molar-refractivity contribution in [1.82, 2.24) is 25.2 Å². The Kier molecular flexibility index (Phi) is 11.2. The van der Waals surface area contributed by atoms with E-state index in [0.717, 1.165) is 11.1 Å². The summed E-state index contributed by atoms with van der Waals surface area (Å²) in [4.78, 5) is 67.7. The lowest BCUT2D eigenvalue weighted by molar-refractivity contribution is -0.158. The van der Waals surface area contributed by atoms with Gasteiger partial charge in [0.2, 0.25) is 5.91 Å². The first kappa shape index (κ1) is 33.1. The summed E-state index contributed by atoms with van der Waals surface area (Å²) in [5.41, 5.74) is 1.45. The predicted octanol–water partition coefficient (Wildman–Crippen LogP) is 4.26. The van der Waals surface area contributed by atoms with Gasteiger partial charge in [0, 0.05) is 30.6 Å². The van der Waals surface area contributed by atoms with Crippen LogP contribution in [0.4, 0.5) is 4.79 Å². The number of aromatic nitrogens is 2. The molecule has 1 aliphatic heterocycles. The van der Waals surface area contributed by atoms with Crippen molar-refractivity contribution < 1.29 is 33.5 Å². The van der Waals surface area contributed by atoms with Gasteiger partial charge in [0.1, 0.15) is 17.3 Å². The average Bonchev–Trinajstić information content (AvgIpc) is 3.03. The van der Waals surface area contributed by atoms with Crippen molar-refractivity contribution in [3.8, 4) is 22.6 Å². The average molecular weight is 618 g/mol. The van der Waals surface area contributed by atoms with Crippen LogP contribution in [0.3, 0.4) is 0 Å². The number of hydroxylamine groups is 2. The Morgan fingerprint density at radius 2 is 1.51 bits per heavy atom. The Hall–Kier alpha value is -4.84. The molecule has 1 fully saturated rings. The number of hydrogen-bond acceptors (Lipinski definition) is 10. The number of piperazine rings is 1. The molecule has 1 aliphatic rings. The van der Waals surface area contributed by atoms with Crippen LogP contribution >= 0.6 is 0 Å². The lowest BCUT2D eigenvalue weighted by Crippen LogP contribution is -2.55. The Balaban J connectivity index is 1.56. The van der Waals surface area contributed by atoms with Crippen molar-refractivity contribution in [2.75, 3.05) is 32.8 Å². The molecule has 2 heterocycles. The monoisotopic (exact) mass is 617 g/mol. The summed E-state index contributed by atoms with van der Waals surface area (Å²) < 4.78 is 10.3. The predicted molar refractivity (Wildman–Crippen MR) is 165 cm³/mol. The molecule has 0 aliphatic carbocycles. The zero-order valence-corrected chi connectivity index (χ0v) is 26.0. The molecule has 0 bridgehead atoms. The minimum absolute atomic E-state index is 0.0151. The van der Waals surface area contributed by atoms with Gasteiger partial charge in [-0.2, -0.15) is 0 Å². The van der Waals surface area contributed by atoms with Gasteiger partial charge in [-0.25, -0.2) is 14.8 Å². The van der Waals surface area contributed by atoms with Crippen molar-refractivity contribution in [3.63, 3.8) is 0 Å². The first-order valence-electron chi connectivity index (χ1n) is 14.9. The van der Waals surface area contributed by atoms with E-state index in [1.807, 2.05) is 60.7 Å². The first-order valence-corrected chi connectivity index (χ1v) is 14.9. The number of amides is 2. The highest BCUT2D eigenvalue weighted by molar-refractivity contribution is 5.97. The largest absolute Gasteiger partial charge is 0.527 e. The molecule has 12 heteroatoms. The van der Waals surface area contributed by atoms with E-state index >= 15 is 0 Å². The van der Waals surface area contributed by atoms with Crippen molar-refractivity contribution in [3.05, 3.63) is 72.4 Å². The lowest BCUT2D eigenvalue weighted by atomic mass is 10.1. The molecule has 4 rings (SSSR count). The number of nitrogens with zero attached hydrogens (tertiary/aromatic N) is 4. The highest BCUT2D eigenvalue weighted by Gasteiger charge is 2.31. The smallest absolute Gasteiger partial charge is 0.460 e. The van der Waals surface area contributed by atoms with Crippen LogP contribution in [0.25, 0.3) is 22.6 Å². The molecule has 1 atom stereocenters. The van der Waals surface area contributed by atoms with Crippen LogP contribution in [0.15, 0.2) is 66.7 Å². The van der Waals surface area contributed by atoms with Crippen LogP contribution in [0.1, 0.15) is 51.0 Å². The van der Waals surface area contributed by atoms with Gasteiger partial charge in [0.25, 0.3) is 5.91 Å². The molecule has 1 N–H and O–H groups in total. The Morgan fingerprint density at radius 1 is 0.889 bits per heavy atom. The molecule has 2 aromatic carbocycles. The van der Waals surface area contributed by atoms with Crippen LogP contribution in [0.5, 0.6) is 0 Å². The maximum atomic E-state index is 13.7. The fraction of sp³-hybridized carbons (Fsp3) is 0.394. The van der Waals surface area contributed by atoms with Crippen LogP contribution in [-0.2, 0) is 23.9 Å². The van der Waals surface area contributed by atoms with Crippen molar-refractivity contribution >= 4 is 23.9 Å². The molecule has 0 unspecified atom stereocenters. The van der Waals surface area contributed by atoms with Crippen LogP contribution < -0.4 is 5.32 Å². The third-order valence-electron chi connectivity index (χ3n) is 6.74. The van der Waals surface area contributed by atoms with Gasteiger partial charge in [-0.3, -0.25) is 14.4 Å². The SMILES string of the molecule is CCOC(=O)ON1CCN(C(=O)[C@H](CCC(=O)OC(C)(C)C)NC(=O)c2cc(-c3ccccc3)nc(-c3ccccc3)n2)CC1.